The minimum Gasteiger partial charge on any atom is -0.489 e. The second kappa shape index (κ2) is 11.1. The summed E-state index contributed by atoms with van der Waals surface area (Å²) in [5.74, 6) is 2.15. The zero-order valence-corrected chi connectivity index (χ0v) is 19.4. The fraction of sp³-hybridized carbons (Fsp3) is 0.348. The molecule has 1 N–H and O–H groups in total. The molecular formula is C23H28Cl2N2O3. The molecule has 0 aromatic heterocycles. The summed E-state index contributed by atoms with van der Waals surface area (Å²) in [7, 11) is 0. The van der Waals surface area contributed by atoms with Gasteiger partial charge in [0.25, 0.3) is 0 Å². The fourth-order valence-electron chi connectivity index (χ4n) is 2.20. The Labute approximate surface area is 188 Å². The highest BCUT2D eigenvalue weighted by Crippen LogP contribution is 2.25. The number of ether oxygens (including phenoxy) is 2. The zero-order chi connectivity index (χ0) is 22.1. The molecule has 0 heterocycles. The summed E-state index contributed by atoms with van der Waals surface area (Å²) in [6, 6.07) is 15.1. The van der Waals surface area contributed by atoms with Crippen LogP contribution in [-0.4, -0.2) is 24.0 Å². The van der Waals surface area contributed by atoms with Gasteiger partial charge in [0.1, 0.15) is 33.9 Å². The Morgan fingerprint density at radius 3 is 2.07 bits per heavy atom. The minimum absolute atomic E-state index is 0.0372. The topological polar surface area (TPSA) is 52.1 Å². The number of rotatable bonds is 9. The van der Waals surface area contributed by atoms with Gasteiger partial charge in [-0.25, -0.2) is 0 Å². The third-order valence-electron chi connectivity index (χ3n) is 3.87. The second-order valence-electron chi connectivity index (χ2n) is 7.70. The molecule has 0 amide bonds. The maximum absolute atomic E-state index is 5.88. The minimum atomic E-state index is -0.306. The van der Waals surface area contributed by atoms with Crippen molar-refractivity contribution in [3.63, 3.8) is 0 Å². The van der Waals surface area contributed by atoms with Crippen LogP contribution in [0.15, 0.2) is 64.3 Å². The largest absolute Gasteiger partial charge is 0.489 e. The van der Waals surface area contributed by atoms with E-state index in [4.69, 9.17) is 37.5 Å². The molecule has 0 bridgehead atoms. The number of oxime groups is 1. The van der Waals surface area contributed by atoms with E-state index in [0.717, 1.165) is 17.1 Å². The average molecular weight is 451 g/mol. The van der Waals surface area contributed by atoms with Gasteiger partial charge in [-0.1, -0.05) is 28.4 Å². The van der Waals surface area contributed by atoms with Crippen LogP contribution in [0.5, 0.6) is 17.2 Å². The predicted molar refractivity (Wildman–Crippen MR) is 125 cm³/mol. The number of nitrogens with zero attached hydrogens (tertiary/aromatic N) is 1. The zero-order valence-electron chi connectivity index (χ0n) is 17.9. The molecule has 162 valence electrons. The van der Waals surface area contributed by atoms with Gasteiger partial charge >= 0.3 is 0 Å². The highest BCUT2D eigenvalue weighted by Gasteiger charge is 2.12. The summed E-state index contributed by atoms with van der Waals surface area (Å²) >= 11 is 11.1. The quantitative estimate of drug-likeness (QED) is 0.324. The summed E-state index contributed by atoms with van der Waals surface area (Å²) in [4.78, 5) is 5.48. The molecule has 1 atom stereocenters. The Morgan fingerprint density at radius 1 is 1.00 bits per heavy atom. The van der Waals surface area contributed by atoms with E-state index in [1.807, 2.05) is 83.1 Å². The lowest BCUT2D eigenvalue weighted by molar-refractivity contribution is 0.000419. The van der Waals surface area contributed by atoms with E-state index < -0.39 is 0 Å². The number of benzene rings is 2. The monoisotopic (exact) mass is 450 g/mol. The molecule has 0 saturated heterocycles. The Kier molecular flexibility index (Phi) is 8.88. The number of hydrogen-bond donors (Lipinski definition) is 1. The van der Waals surface area contributed by atoms with Crippen molar-refractivity contribution in [1.29, 1.82) is 0 Å². The molecule has 2 rings (SSSR count). The van der Waals surface area contributed by atoms with Gasteiger partial charge in [-0.05, 0) is 89.2 Å². The van der Waals surface area contributed by atoms with Crippen LogP contribution in [0.4, 0.5) is 5.69 Å². The van der Waals surface area contributed by atoms with E-state index in [1.54, 1.807) is 6.08 Å². The maximum atomic E-state index is 5.88. The van der Waals surface area contributed by atoms with Crippen molar-refractivity contribution in [2.24, 2.45) is 5.16 Å². The Balaban J connectivity index is 1.89. The van der Waals surface area contributed by atoms with Gasteiger partial charge in [0.2, 0.25) is 0 Å². The third-order valence-corrected chi connectivity index (χ3v) is 4.18. The number of hydrogen-bond acceptors (Lipinski definition) is 5. The van der Waals surface area contributed by atoms with Gasteiger partial charge in [-0.3, -0.25) is 0 Å². The lowest BCUT2D eigenvalue weighted by Gasteiger charge is -2.19. The van der Waals surface area contributed by atoms with Crippen LogP contribution in [0.2, 0.25) is 0 Å². The van der Waals surface area contributed by atoms with Crippen molar-refractivity contribution in [1.82, 2.24) is 0 Å². The smallest absolute Gasteiger partial charge is 0.129 e. The fourth-order valence-corrected chi connectivity index (χ4v) is 2.33. The van der Waals surface area contributed by atoms with Crippen LogP contribution in [0, 0.1) is 0 Å². The molecule has 2 aromatic carbocycles. The first-order valence-corrected chi connectivity index (χ1v) is 10.4. The number of anilines is 1. The highest BCUT2D eigenvalue weighted by atomic mass is 35.5. The van der Waals surface area contributed by atoms with Crippen LogP contribution < -0.4 is 14.8 Å². The van der Waals surface area contributed by atoms with Crippen LogP contribution >= 0.6 is 23.2 Å². The van der Waals surface area contributed by atoms with Crippen molar-refractivity contribution in [3.05, 3.63) is 59.1 Å². The Hall–Kier alpha value is -2.37. The molecule has 5 nitrogen and oxygen atoms in total. The SMILES string of the molecule is CC(=NOC(C)(C)C)C(C)Nc1ccc(Oc2ccc(OCC=C(Cl)Cl)cc2)cc1. The first-order valence-electron chi connectivity index (χ1n) is 9.63. The molecule has 7 heteroatoms. The van der Waals surface area contributed by atoms with Crippen molar-refractivity contribution < 1.29 is 14.3 Å². The first-order chi connectivity index (χ1) is 14.1. The summed E-state index contributed by atoms with van der Waals surface area (Å²) in [5, 5.41) is 7.60. The molecule has 0 radical (unpaired) electrons. The molecule has 0 aliphatic heterocycles. The normalized spacial score (nSPS) is 12.7. The van der Waals surface area contributed by atoms with Crippen LogP contribution in [0.25, 0.3) is 0 Å². The molecule has 1 unspecified atom stereocenters. The van der Waals surface area contributed by atoms with Gasteiger partial charge < -0.3 is 19.6 Å². The first kappa shape index (κ1) is 23.9. The van der Waals surface area contributed by atoms with Gasteiger partial charge in [-0.15, -0.1) is 0 Å². The molecule has 2 aromatic rings. The van der Waals surface area contributed by atoms with E-state index in [1.165, 1.54) is 0 Å². The van der Waals surface area contributed by atoms with Crippen LogP contribution in [0.1, 0.15) is 34.6 Å². The summed E-state index contributed by atoms with van der Waals surface area (Å²) < 4.78 is 11.6. The van der Waals surface area contributed by atoms with Crippen molar-refractivity contribution in [2.75, 3.05) is 11.9 Å². The maximum Gasteiger partial charge on any atom is 0.129 e. The molecule has 0 fully saturated rings. The van der Waals surface area contributed by atoms with Crippen LogP contribution in [-0.2, 0) is 4.84 Å². The molecule has 0 spiro atoms. The lowest BCUT2D eigenvalue weighted by Crippen LogP contribution is -2.25. The van der Waals surface area contributed by atoms with Crippen molar-refractivity contribution >= 4 is 34.6 Å². The Morgan fingerprint density at radius 2 is 1.53 bits per heavy atom. The summed E-state index contributed by atoms with van der Waals surface area (Å²) in [6.45, 7) is 10.2. The van der Waals surface area contributed by atoms with Gasteiger partial charge in [-0.2, -0.15) is 0 Å². The number of halogens is 2. The molecule has 0 aliphatic rings. The van der Waals surface area contributed by atoms with E-state index in [-0.39, 0.29) is 16.1 Å². The standard InChI is InChI=1S/C23H28Cl2N2O3/c1-16(17(2)27-30-23(3,4)5)26-18-6-8-20(9-7-18)29-21-12-10-19(11-13-21)28-15-14-22(24)25/h6-14,16,26H,15H2,1-5H3. The van der Waals surface area contributed by atoms with E-state index >= 15 is 0 Å². The molecule has 30 heavy (non-hydrogen) atoms. The third kappa shape index (κ3) is 8.97. The highest BCUT2D eigenvalue weighted by molar-refractivity contribution is 6.55. The van der Waals surface area contributed by atoms with Gasteiger partial charge in [0.15, 0.2) is 0 Å². The molecule has 0 saturated carbocycles. The van der Waals surface area contributed by atoms with E-state index in [9.17, 15) is 0 Å². The average Bonchev–Trinajstić information content (AvgIpc) is 2.68. The predicted octanol–water partition coefficient (Wildman–Crippen LogP) is 7.17. The summed E-state index contributed by atoms with van der Waals surface area (Å²) in [6.07, 6.45) is 1.58. The lowest BCUT2D eigenvalue weighted by atomic mass is 10.2. The van der Waals surface area contributed by atoms with E-state index in [2.05, 4.69) is 10.5 Å². The van der Waals surface area contributed by atoms with Crippen molar-refractivity contribution in [2.45, 2.75) is 46.3 Å². The summed E-state index contributed by atoms with van der Waals surface area (Å²) in [5.41, 5.74) is 1.53. The molecule has 0 aliphatic carbocycles. The Bertz CT molecular complexity index is 854. The second-order valence-corrected chi connectivity index (χ2v) is 8.71. The van der Waals surface area contributed by atoms with Gasteiger partial charge in [0.05, 0.1) is 11.8 Å². The molecular weight excluding hydrogens is 423 g/mol. The van der Waals surface area contributed by atoms with E-state index in [0.29, 0.717) is 18.1 Å². The van der Waals surface area contributed by atoms with Crippen molar-refractivity contribution in [3.8, 4) is 17.2 Å². The number of nitrogens with one attached hydrogen (secondary N) is 1. The van der Waals surface area contributed by atoms with Gasteiger partial charge in [0, 0.05) is 5.69 Å². The van der Waals surface area contributed by atoms with Crippen LogP contribution in [0.3, 0.4) is 0 Å².